The molecular weight excluding hydrogens is 376 g/mol. The minimum atomic E-state index is -0.748. The highest BCUT2D eigenvalue weighted by Gasteiger charge is 2.25. The molecule has 2 aromatic heterocycles. The number of aryl methyl sites for hydroxylation is 2. The molecule has 28 heavy (non-hydrogen) atoms. The maximum Gasteiger partial charge on any atom is 0.342 e. The lowest BCUT2D eigenvalue weighted by atomic mass is 9.89. The number of hydrogen-bond acceptors (Lipinski definition) is 6. The van der Waals surface area contributed by atoms with Crippen molar-refractivity contribution in [1.82, 2.24) is 9.97 Å². The smallest absolute Gasteiger partial charge is 0.342 e. The van der Waals surface area contributed by atoms with E-state index < -0.39 is 12.1 Å². The number of para-hydroxylation sites is 1. The van der Waals surface area contributed by atoms with Gasteiger partial charge in [0.05, 0.1) is 5.39 Å². The number of hydrogen-bond donors (Lipinski definition) is 2. The summed E-state index contributed by atoms with van der Waals surface area (Å²) in [5, 5.41) is 10.8. The van der Waals surface area contributed by atoms with Crippen molar-refractivity contribution in [1.29, 1.82) is 0 Å². The van der Waals surface area contributed by atoms with Crippen LogP contribution in [0.4, 0.5) is 0 Å². The largest absolute Gasteiger partial charge is 0.507 e. The Bertz CT molecular complexity index is 1130. The van der Waals surface area contributed by atoms with Crippen LogP contribution in [0.3, 0.4) is 0 Å². The Kier molecular flexibility index (Phi) is 4.71. The third kappa shape index (κ3) is 3.20. The van der Waals surface area contributed by atoms with Gasteiger partial charge in [-0.15, -0.1) is 11.3 Å². The molecule has 0 aliphatic heterocycles. The summed E-state index contributed by atoms with van der Waals surface area (Å²) in [5.74, 6) is 0.165. The van der Waals surface area contributed by atoms with Crippen LogP contribution in [0.5, 0.6) is 5.75 Å². The molecule has 0 saturated heterocycles. The first-order valence-corrected chi connectivity index (χ1v) is 10.2. The second-order valence-corrected chi connectivity index (χ2v) is 8.59. The molecule has 2 heterocycles. The molecule has 0 unspecified atom stereocenters. The molecule has 0 saturated carbocycles. The molecule has 2 N–H and O–H groups in total. The number of carbonyl (C=O) groups excluding carboxylic acids is 1. The molecule has 0 spiro atoms. The lowest BCUT2D eigenvalue weighted by Gasteiger charge is -2.17. The fraction of sp³-hybridized carbons (Fsp3) is 0.381. The molecule has 146 valence electrons. The maximum atomic E-state index is 12.7. The third-order valence-corrected chi connectivity index (χ3v) is 6.46. The van der Waals surface area contributed by atoms with Crippen molar-refractivity contribution in [3.63, 3.8) is 0 Å². The van der Waals surface area contributed by atoms with Crippen molar-refractivity contribution in [2.45, 2.75) is 46.1 Å². The summed E-state index contributed by atoms with van der Waals surface area (Å²) in [6, 6.07) is 4.90. The van der Waals surface area contributed by atoms with Gasteiger partial charge in [-0.2, -0.15) is 0 Å². The van der Waals surface area contributed by atoms with Gasteiger partial charge in [-0.1, -0.05) is 19.1 Å². The lowest BCUT2D eigenvalue weighted by Crippen LogP contribution is -2.18. The predicted molar refractivity (Wildman–Crippen MR) is 108 cm³/mol. The number of esters is 1. The molecule has 1 aromatic carbocycles. The highest BCUT2D eigenvalue weighted by atomic mass is 32.1. The van der Waals surface area contributed by atoms with Crippen LogP contribution >= 0.6 is 11.3 Å². The van der Waals surface area contributed by atoms with E-state index in [0.29, 0.717) is 27.5 Å². The van der Waals surface area contributed by atoms with Crippen molar-refractivity contribution in [2.24, 2.45) is 5.92 Å². The van der Waals surface area contributed by atoms with Crippen molar-refractivity contribution in [3.8, 4) is 5.75 Å². The highest BCUT2D eigenvalue weighted by molar-refractivity contribution is 7.18. The fourth-order valence-electron chi connectivity index (χ4n) is 3.66. The van der Waals surface area contributed by atoms with Crippen molar-refractivity contribution >= 4 is 27.5 Å². The number of phenols is 1. The van der Waals surface area contributed by atoms with E-state index in [1.165, 1.54) is 10.9 Å². The van der Waals surface area contributed by atoms with Crippen LogP contribution in [0.2, 0.25) is 0 Å². The first-order chi connectivity index (χ1) is 13.3. The van der Waals surface area contributed by atoms with E-state index in [9.17, 15) is 14.7 Å². The number of nitrogens with one attached hydrogen (secondary N) is 1. The van der Waals surface area contributed by atoms with E-state index in [1.54, 1.807) is 37.3 Å². The Balaban J connectivity index is 1.64. The Morgan fingerprint density at radius 3 is 3.00 bits per heavy atom. The SMILES string of the molecule is Cc1cccc(C(=O)O[C@@H](C)c2nc3sc4c(c3c(=O)[nH]2)CC[C@@H](C)C4)c1O. The van der Waals surface area contributed by atoms with E-state index in [0.717, 1.165) is 24.8 Å². The highest BCUT2D eigenvalue weighted by Crippen LogP contribution is 2.36. The van der Waals surface area contributed by atoms with Crippen molar-refractivity contribution in [2.75, 3.05) is 0 Å². The van der Waals surface area contributed by atoms with Crippen molar-refractivity contribution in [3.05, 3.63) is 55.9 Å². The lowest BCUT2D eigenvalue weighted by molar-refractivity contribution is 0.0316. The standard InChI is InChI=1S/C21H22N2O4S/c1-10-7-8-13-15(9-10)28-20-16(13)19(25)22-18(23-20)12(3)27-21(26)14-6-4-5-11(2)17(14)24/h4-6,10,12,24H,7-9H2,1-3H3,(H,22,23,25)/t10-,12+/m1/s1. The Morgan fingerprint density at radius 1 is 1.43 bits per heavy atom. The first kappa shape index (κ1) is 18.7. The van der Waals surface area contributed by atoms with Crippen LogP contribution in [0.1, 0.15) is 58.6 Å². The molecular formula is C21H22N2O4S. The zero-order valence-corrected chi connectivity index (χ0v) is 16.9. The molecule has 3 aromatic rings. The van der Waals surface area contributed by atoms with Crippen LogP contribution in [0, 0.1) is 12.8 Å². The van der Waals surface area contributed by atoms with Gasteiger partial charge in [-0.25, -0.2) is 9.78 Å². The summed E-state index contributed by atoms with van der Waals surface area (Å²) >= 11 is 1.56. The van der Waals surface area contributed by atoms with Gasteiger partial charge >= 0.3 is 5.97 Å². The third-order valence-electron chi connectivity index (χ3n) is 5.31. The number of aromatic nitrogens is 2. The number of benzene rings is 1. The zero-order valence-electron chi connectivity index (χ0n) is 16.0. The van der Waals surface area contributed by atoms with E-state index in [1.807, 2.05) is 0 Å². The number of fused-ring (bicyclic) bond motifs is 3. The van der Waals surface area contributed by atoms with Gasteiger partial charge in [0.1, 0.15) is 16.1 Å². The van der Waals surface area contributed by atoms with E-state index in [4.69, 9.17) is 4.74 Å². The van der Waals surface area contributed by atoms with Gasteiger partial charge in [-0.05, 0) is 56.2 Å². The summed E-state index contributed by atoms with van der Waals surface area (Å²) in [6.45, 7) is 5.59. The first-order valence-electron chi connectivity index (χ1n) is 9.39. The summed E-state index contributed by atoms with van der Waals surface area (Å²) in [5.41, 5.74) is 1.62. The molecule has 2 atom stereocenters. The maximum absolute atomic E-state index is 12.7. The van der Waals surface area contributed by atoms with Gasteiger partial charge < -0.3 is 14.8 Å². The second-order valence-electron chi connectivity index (χ2n) is 7.50. The molecule has 1 aliphatic carbocycles. The second kappa shape index (κ2) is 7.05. The van der Waals surface area contributed by atoms with Gasteiger partial charge in [0, 0.05) is 4.88 Å². The molecule has 7 heteroatoms. The van der Waals surface area contributed by atoms with Crippen LogP contribution < -0.4 is 5.56 Å². The molecule has 0 bridgehead atoms. The summed E-state index contributed by atoms with van der Waals surface area (Å²) < 4.78 is 5.45. The van der Waals surface area contributed by atoms with E-state index >= 15 is 0 Å². The van der Waals surface area contributed by atoms with Crippen LogP contribution in [0.15, 0.2) is 23.0 Å². The number of H-pyrrole nitrogens is 1. The Labute approximate surface area is 166 Å². The predicted octanol–water partition coefficient (Wildman–Crippen LogP) is 4.04. The fourth-order valence-corrected chi connectivity index (χ4v) is 5.05. The topological polar surface area (TPSA) is 92.3 Å². The Morgan fingerprint density at radius 2 is 2.21 bits per heavy atom. The van der Waals surface area contributed by atoms with Crippen LogP contribution in [-0.2, 0) is 17.6 Å². The number of carbonyl (C=O) groups is 1. The number of nitrogens with zero attached hydrogens (tertiary/aromatic N) is 1. The average molecular weight is 398 g/mol. The normalized spacial score (nSPS) is 17.3. The minimum Gasteiger partial charge on any atom is -0.507 e. The molecule has 6 nitrogen and oxygen atoms in total. The molecule has 1 aliphatic rings. The summed E-state index contributed by atoms with van der Waals surface area (Å²) in [7, 11) is 0. The number of phenolic OH excluding ortho intramolecular Hbond substituents is 1. The summed E-state index contributed by atoms with van der Waals surface area (Å²) in [4.78, 5) is 34.4. The quantitative estimate of drug-likeness (QED) is 0.650. The van der Waals surface area contributed by atoms with E-state index in [2.05, 4.69) is 16.9 Å². The number of thiophene rings is 1. The summed E-state index contributed by atoms with van der Waals surface area (Å²) in [6.07, 6.45) is 2.20. The van der Waals surface area contributed by atoms with Gasteiger partial charge in [-0.3, -0.25) is 4.79 Å². The molecule has 0 radical (unpaired) electrons. The minimum absolute atomic E-state index is 0.0934. The van der Waals surface area contributed by atoms with Gasteiger partial charge in [0.2, 0.25) is 0 Å². The number of aromatic hydroxyl groups is 1. The van der Waals surface area contributed by atoms with E-state index in [-0.39, 0.29) is 16.9 Å². The van der Waals surface area contributed by atoms with Crippen molar-refractivity contribution < 1.29 is 14.6 Å². The number of rotatable bonds is 3. The monoisotopic (exact) mass is 398 g/mol. The zero-order chi connectivity index (χ0) is 20.0. The Hall–Kier alpha value is -2.67. The molecule has 0 amide bonds. The number of aromatic amines is 1. The van der Waals surface area contributed by atoms with Crippen LogP contribution in [0.25, 0.3) is 10.2 Å². The number of ether oxygens (including phenoxy) is 1. The molecule has 0 fully saturated rings. The van der Waals surface area contributed by atoms with Gasteiger partial charge in [0.25, 0.3) is 5.56 Å². The van der Waals surface area contributed by atoms with Crippen LogP contribution in [-0.4, -0.2) is 21.0 Å². The van der Waals surface area contributed by atoms with Gasteiger partial charge in [0.15, 0.2) is 11.9 Å². The average Bonchev–Trinajstić information content (AvgIpc) is 3.01. The molecule has 4 rings (SSSR count).